The average molecular weight is 276 g/mol. The zero-order valence-corrected chi connectivity index (χ0v) is 12.5. The second-order valence-electron chi connectivity index (χ2n) is 5.86. The van der Waals surface area contributed by atoms with E-state index in [-0.39, 0.29) is 24.6 Å². The number of nitrogens with zero attached hydrogens (tertiary/aromatic N) is 1. The van der Waals surface area contributed by atoms with Crippen molar-refractivity contribution in [3.8, 4) is 0 Å². The van der Waals surface area contributed by atoms with Crippen LogP contribution in [-0.2, 0) is 0 Å². The molecule has 110 valence electrons. The van der Waals surface area contributed by atoms with Gasteiger partial charge in [-0.15, -0.1) is 0 Å². The Morgan fingerprint density at radius 2 is 2.15 bits per heavy atom. The van der Waals surface area contributed by atoms with Crippen LogP contribution >= 0.6 is 0 Å². The molecule has 1 aliphatic rings. The van der Waals surface area contributed by atoms with Gasteiger partial charge in [0, 0.05) is 18.3 Å². The van der Waals surface area contributed by atoms with Crippen LogP contribution in [0.4, 0.5) is 5.69 Å². The molecule has 2 atom stereocenters. The van der Waals surface area contributed by atoms with Gasteiger partial charge in [0.05, 0.1) is 18.2 Å². The number of hydrogen-bond donors (Lipinski definition) is 2. The number of rotatable bonds is 4. The van der Waals surface area contributed by atoms with Crippen LogP contribution in [0.3, 0.4) is 0 Å². The first-order chi connectivity index (χ1) is 9.54. The number of para-hydroxylation sites is 1. The fourth-order valence-electron chi connectivity index (χ4n) is 2.80. The van der Waals surface area contributed by atoms with Crippen LogP contribution in [0, 0.1) is 5.92 Å². The van der Waals surface area contributed by atoms with Crippen molar-refractivity contribution in [3.63, 3.8) is 0 Å². The molecule has 0 spiro atoms. The van der Waals surface area contributed by atoms with Crippen LogP contribution in [0.1, 0.15) is 37.6 Å². The molecule has 0 aliphatic carbocycles. The Labute approximate surface area is 120 Å². The highest BCUT2D eigenvalue weighted by molar-refractivity contribution is 6.00. The molecule has 4 nitrogen and oxygen atoms in total. The van der Waals surface area contributed by atoms with Crippen molar-refractivity contribution in [2.75, 3.05) is 18.5 Å². The third-order valence-electron chi connectivity index (χ3n) is 3.93. The highest BCUT2D eigenvalue weighted by Gasteiger charge is 2.34. The van der Waals surface area contributed by atoms with Gasteiger partial charge in [-0.3, -0.25) is 4.79 Å². The summed E-state index contributed by atoms with van der Waals surface area (Å²) >= 11 is 0. The summed E-state index contributed by atoms with van der Waals surface area (Å²) in [5.74, 6) is 0.367. The number of nitrogens with one attached hydrogen (secondary N) is 1. The molecule has 2 rings (SSSR count). The molecule has 2 N–H and O–H groups in total. The predicted molar refractivity (Wildman–Crippen MR) is 80.9 cm³/mol. The van der Waals surface area contributed by atoms with E-state index in [0.717, 1.165) is 18.7 Å². The maximum absolute atomic E-state index is 12.7. The van der Waals surface area contributed by atoms with Crippen molar-refractivity contribution in [2.24, 2.45) is 5.92 Å². The fourth-order valence-corrected chi connectivity index (χ4v) is 2.80. The van der Waals surface area contributed by atoms with Gasteiger partial charge in [-0.2, -0.15) is 0 Å². The first-order valence-electron chi connectivity index (χ1n) is 7.32. The van der Waals surface area contributed by atoms with Crippen molar-refractivity contribution in [3.05, 3.63) is 29.8 Å². The molecule has 1 heterocycles. The molecular formula is C16H24N2O2. The first kappa shape index (κ1) is 14.9. The van der Waals surface area contributed by atoms with E-state index in [4.69, 9.17) is 0 Å². The number of hydrogen-bond acceptors (Lipinski definition) is 3. The lowest BCUT2D eigenvalue weighted by Crippen LogP contribution is -2.40. The number of amides is 1. The van der Waals surface area contributed by atoms with Crippen LogP contribution < -0.4 is 5.32 Å². The minimum absolute atomic E-state index is 0.0113. The van der Waals surface area contributed by atoms with E-state index in [2.05, 4.69) is 26.1 Å². The van der Waals surface area contributed by atoms with Gasteiger partial charge in [0.25, 0.3) is 5.91 Å². The van der Waals surface area contributed by atoms with Crippen LogP contribution in [0.15, 0.2) is 24.3 Å². The molecule has 0 bridgehead atoms. The summed E-state index contributed by atoms with van der Waals surface area (Å²) in [6.07, 6.45) is 0.955. The first-order valence-corrected chi connectivity index (χ1v) is 7.32. The Kier molecular flexibility index (Phi) is 4.65. The minimum Gasteiger partial charge on any atom is -0.394 e. The summed E-state index contributed by atoms with van der Waals surface area (Å²) in [6.45, 7) is 6.95. The summed E-state index contributed by atoms with van der Waals surface area (Å²) in [5, 5.41) is 12.8. The molecule has 2 unspecified atom stereocenters. The topological polar surface area (TPSA) is 52.6 Å². The van der Waals surface area contributed by atoms with Crippen LogP contribution in [0.25, 0.3) is 0 Å². The minimum atomic E-state index is -0.0605. The van der Waals surface area contributed by atoms with Crippen molar-refractivity contribution in [1.29, 1.82) is 0 Å². The van der Waals surface area contributed by atoms with Crippen LogP contribution in [-0.4, -0.2) is 41.1 Å². The van der Waals surface area contributed by atoms with Crippen molar-refractivity contribution in [2.45, 2.75) is 39.3 Å². The number of carbonyl (C=O) groups is 1. The number of aliphatic hydroxyl groups excluding tert-OH is 1. The number of carbonyl (C=O) groups excluding carboxylic acids is 1. The van der Waals surface area contributed by atoms with Gasteiger partial charge in [-0.1, -0.05) is 19.1 Å². The SMILES string of the molecule is CC(C)Nc1ccccc1C(=O)N1CCC(C)C1CO. The summed E-state index contributed by atoms with van der Waals surface area (Å²) in [6, 6.07) is 7.80. The van der Waals surface area contributed by atoms with Crippen molar-refractivity contribution >= 4 is 11.6 Å². The monoisotopic (exact) mass is 276 g/mol. The Bertz CT molecular complexity index is 473. The maximum atomic E-state index is 12.7. The van der Waals surface area contributed by atoms with Gasteiger partial charge >= 0.3 is 0 Å². The quantitative estimate of drug-likeness (QED) is 0.887. The summed E-state index contributed by atoms with van der Waals surface area (Å²) in [4.78, 5) is 14.5. The smallest absolute Gasteiger partial charge is 0.256 e. The molecule has 0 radical (unpaired) electrons. The van der Waals surface area contributed by atoms with E-state index in [1.807, 2.05) is 29.2 Å². The Balaban J connectivity index is 2.25. The van der Waals surface area contributed by atoms with E-state index in [1.54, 1.807) is 0 Å². The second kappa shape index (κ2) is 6.27. The van der Waals surface area contributed by atoms with Gasteiger partial charge < -0.3 is 15.3 Å². The average Bonchev–Trinajstić information content (AvgIpc) is 2.79. The lowest BCUT2D eigenvalue weighted by atomic mass is 10.0. The Morgan fingerprint density at radius 3 is 2.80 bits per heavy atom. The molecular weight excluding hydrogens is 252 g/mol. The number of likely N-dealkylation sites (tertiary alicyclic amines) is 1. The molecule has 1 amide bonds. The molecule has 1 aromatic rings. The second-order valence-corrected chi connectivity index (χ2v) is 5.86. The summed E-state index contributed by atoms with van der Waals surface area (Å²) in [7, 11) is 0. The molecule has 4 heteroatoms. The molecule has 1 aliphatic heterocycles. The highest BCUT2D eigenvalue weighted by Crippen LogP contribution is 2.27. The molecule has 1 aromatic carbocycles. The third-order valence-corrected chi connectivity index (χ3v) is 3.93. The van der Waals surface area contributed by atoms with Crippen molar-refractivity contribution in [1.82, 2.24) is 4.90 Å². The summed E-state index contributed by atoms with van der Waals surface area (Å²) in [5.41, 5.74) is 1.55. The van der Waals surface area contributed by atoms with Crippen molar-refractivity contribution < 1.29 is 9.90 Å². The normalized spacial score (nSPS) is 22.4. The molecule has 0 saturated carbocycles. The van der Waals surface area contributed by atoms with Gasteiger partial charge in [0.15, 0.2) is 0 Å². The number of anilines is 1. The Morgan fingerprint density at radius 1 is 1.45 bits per heavy atom. The zero-order chi connectivity index (χ0) is 14.7. The van der Waals surface area contributed by atoms with E-state index in [9.17, 15) is 9.90 Å². The van der Waals surface area contributed by atoms with Gasteiger partial charge in [0.1, 0.15) is 0 Å². The van der Waals surface area contributed by atoms with Crippen LogP contribution in [0.5, 0.6) is 0 Å². The maximum Gasteiger partial charge on any atom is 0.256 e. The number of aliphatic hydroxyl groups is 1. The molecule has 1 saturated heterocycles. The predicted octanol–water partition coefficient (Wildman–Crippen LogP) is 2.35. The highest BCUT2D eigenvalue weighted by atomic mass is 16.3. The molecule has 1 fully saturated rings. The number of benzene rings is 1. The summed E-state index contributed by atoms with van der Waals surface area (Å²) < 4.78 is 0. The van der Waals surface area contributed by atoms with E-state index in [0.29, 0.717) is 11.5 Å². The van der Waals surface area contributed by atoms with Gasteiger partial charge in [0.2, 0.25) is 0 Å². The largest absolute Gasteiger partial charge is 0.394 e. The lowest BCUT2D eigenvalue weighted by Gasteiger charge is -2.26. The molecule has 20 heavy (non-hydrogen) atoms. The zero-order valence-electron chi connectivity index (χ0n) is 12.5. The van der Waals surface area contributed by atoms with Gasteiger partial charge in [-0.05, 0) is 38.3 Å². The van der Waals surface area contributed by atoms with E-state index < -0.39 is 0 Å². The molecule has 0 aromatic heterocycles. The standard InChI is InChI=1S/C16H24N2O2/c1-11(2)17-14-7-5-4-6-13(14)16(20)18-9-8-12(3)15(18)10-19/h4-7,11-12,15,17,19H,8-10H2,1-3H3. The Hall–Kier alpha value is -1.55. The third kappa shape index (κ3) is 2.96. The van der Waals surface area contributed by atoms with Gasteiger partial charge in [-0.25, -0.2) is 0 Å². The fraction of sp³-hybridized carbons (Fsp3) is 0.562. The van der Waals surface area contributed by atoms with E-state index in [1.165, 1.54) is 0 Å². The van der Waals surface area contributed by atoms with E-state index >= 15 is 0 Å². The lowest BCUT2D eigenvalue weighted by molar-refractivity contribution is 0.0649. The van der Waals surface area contributed by atoms with Crippen LogP contribution in [0.2, 0.25) is 0 Å².